The van der Waals surface area contributed by atoms with E-state index in [1.54, 1.807) is 24.3 Å². The van der Waals surface area contributed by atoms with Gasteiger partial charge in [-0.15, -0.1) is 0 Å². The second-order valence-electron chi connectivity index (χ2n) is 6.15. The Morgan fingerprint density at radius 3 is 2.68 bits per heavy atom. The van der Waals surface area contributed by atoms with Crippen molar-refractivity contribution in [2.75, 3.05) is 18.5 Å². The van der Waals surface area contributed by atoms with E-state index in [9.17, 15) is 23.6 Å². The van der Waals surface area contributed by atoms with Gasteiger partial charge in [-0.05, 0) is 29.8 Å². The number of imide groups is 1. The number of benzene rings is 2. The number of anilines is 1. The standard InChI is InChI=1S/C20H17FN2O5/c21-14-5-3-6-15(11-14)22-17(24)12-28-19(26)8-9-23-18(25)10-13-4-1-2-7-16(13)20(23)27/h1-7,11H,8-10,12H2,(H,22,24). The summed E-state index contributed by atoms with van der Waals surface area (Å²) >= 11 is 0. The van der Waals surface area contributed by atoms with Crippen molar-refractivity contribution in [2.24, 2.45) is 0 Å². The van der Waals surface area contributed by atoms with Gasteiger partial charge in [0.1, 0.15) is 5.82 Å². The highest BCUT2D eigenvalue weighted by Crippen LogP contribution is 2.19. The summed E-state index contributed by atoms with van der Waals surface area (Å²) in [6.07, 6.45) is -0.139. The largest absolute Gasteiger partial charge is 0.456 e. The molecule has 0 saturated carbocycles. The molecule has 0 aliphatic carbocycles. The fraction of sp³-hybridized carbons (Fsp3) is 0.200. The lowest BCUT2D eigenvalue weighted by atomic mass is 9.98. The number of esters is 1. The van der Waals surface area contributed by atoms with E-state index >= 15 is 0 Å². The minimum Gasteiger partial charge on any atom is -0.456 e. The molecule has 3 rings (SSSR count). The first-order valence-electron chi connectivity index (χ1n) is 8.57. The third-order valence-corrected chi connectivity index (χ3v) is 4.15. The average Bonchev–Trinajstić information content (AvgIpc) is 2.66. The summed E-state index contributed by atoms with van der Waals surface area (Å²) in [5, 5.41) is 2.39. The molecule has 0 saturated heterocycles. The number of halogens is 1. The van der Waals surface area contributed by atoms with Crippen LogP contribution in [0.2, 0.25) is 0 Å². The Labute approximate surface area is 160 Å². The molecule has 7 nitrogen and oxygen atoms in total. The number of fused-ring (bicyclic) bond motifs is 1. The van der Waals surface area contributed by atoms with Crippen LogP contribution in [0.1, 0.15) is 22.3 Å². The smallest absolute Gasteiger partial charge is 0.308 e. The number of carbonyl (C=O) groups is 4. The summed E-state index contributed by atoms with van der Waals surface area (Å²) in [7, 11) is 0. The number of amides is 3. The van der Waals surface area contributed by atoms with Gasteiger partial charge in [-0.1, -0.05) is 24.3 Å². The Balaban J connectivity index is 1.47. The molecule has 0 aromatic heterocycles. The van der Waals surface area contributed by atoms with Gasteiger partial charge >= 0.3 is 5.97 Å². The van der Waals surface area contributed by atoms with Crippen LogP contribution < -0.4 is 5.32 Å². The van der Waals surface area contributed by atoms with Crippen molar-refractivity contribution in [3.63, 3.8) is 0 Å². The lowest BCUT2D eigenvalue weighted by Crippen LogP contribution is -2.43. The third-order valence-electron chi connectivity index (χ3n) is 4.15. The van der Waals surface area contributed by atoms with E-state index in [1.165, 1.54) is 18.2 Å². The summed E-state index contributed by atoms with van der Waals surface area (Å²) in [6.45, 7) is -0.684. The molecule has 1 aliphatic heterocycles. The summed E-state index contributed by atoms with van der Waals surface area (Å²) in [6, 6.07) is 12.1. The highest BCUT2D eigenvalue weighted by molar-refractivity contribution is 6.09. The van der Waals surface area contributed by atoms with Gasteiger partial charge in [0.25, 0.3) is 11.8 Å². The molecule has 8 heteroatoms. The summed E-state index contributed by atoms with van der Waals surface area (Å²) < 4.78 is 17.9. The Morgan fingerprint density at radius 1 is 1.11 bits per heavy atom. The van der Waals surface area contributed by atoms with Crippen LogP contribution in [0.4, 0.5) is 10.1 Å². The molecule has 0 bridgehead atoms. The van der Waals surface area contributed by atoms with Gasteiger partial charge in [0, 0.05) is 17.8 Å². The van der Waals surface area contributed by atoms with Gasteiger partial charge in [0.2, 0.25) is 5.91 Å². The van der Waals surface area contributed by atoms with Crippen LogP contribution in [0.3, 0.4) is 0 Å². The zero-order chi connectivity index (χ0) is 20.1. The van der Waals surface area contributed by atoms with Crippen molar-refractivity contribution in [1.82, 2.24) is 4.90 Å². The molecule has 0 radical (unpaired) electrons. The average molecular weight is 384 g/mol. The van der Waals surface area contributed by atoms with E-state index in [2.05, 4.69) is 5.32 Å². The number of carbonyl (C=O) groups excluding carboxylic acids is 4. The SMILES string of the molecule is O=C(COC(=O)CCN1C(=O)Cc2ccccc2C1=O)Nc1cccc(F)c1. The second-order valence-corrected chi connectivity index (χ2v) is 6.15. The molecule has 28 heavy (non-hydrogen) atoms. The molecule has 144 valence electrons. The first kappa shape index (κ1) is 19.2. The molecule has 0 spiro atoms. The predicted molar refractivity (Wildman–Crippen MR) is 96.8 cm³/mol. The van der Waals surface area contributed by atoms with Crippen molar-refractivity contribution in [3.8, 4) is 0 Å². The van der Waals surface area contributed by atoms with E-state index in [0.717, 1.165) is 11.0 Å². The quantitative estimate of drug-likeness (QED) is 0.607. The van der Waals surface area contributed by atoms with Crippen LogP contribution >= 0.6 is 0 Å². The fourth-order valence-electron chi connectivity index (χ4n) is 2.81. The monoisotopic (exact) mass is 384 g/mol. The second kappa shape index (κ2) is 8.43. The maximum Gasteiger partial charge on any atom is 0.308 e. The van der Waals surface area contributed by atoms with E-state index in [-0.39, 0.29) is 31.0 Å². The van der Waals surface area contributed by atoms with Gasteiger partial charge < -0.3 is 10.1 Å². The minimum atomic E-state index is -0.728. The number of hydrogen-bond donors (Lipinski definition) is 1. The molecule has 1 heterocycles. The Bertz CT molecular complexity index is 944. The minimum absolute atomic E-state index is 0.0903. The lowest BCUT2D eigenvalue weighted by molar-refractivity contribution is -0.147. The summed E-state index contributed by atoms with van der Waals surface area (Å²) in [5.41, 5.74) is 1.33. The van der Waals surface area contributed by atoms with Crippen LogP contribution in [0.15, 0.2) is 48.5 Å². The van der Waals surface area contributed by atoms with E-state index in [0.29, 0.717) is 11.1 Å². The molecule has 0 fully saturated rings. The molecule has 3 amide bonds. The van der Waals surface area contributed by atoms with Crippen molar-refractivity contribution in [1.29, 1.82) is 0 Å². The van der Waals surface area contributed by atoms with Gasteiger partial charge in [-0.2, -0.15) is 0 Å². The molecule has 1 aliphatic rings. The van der Waals surface area contributed by atoms with Crippen LogP contribution in [0.25, 0.3) is 0 Å². The molecular weight excluding hydrogens is 367 g/mol. The van der Waals surface area contributed by atoms with Crippen molar-refractivity contribution >= 4 is 29.4 Å². The number of rotatable bonds is 6. The third kappa shape index (κ3) is 4.59. The predicted octanol–water partition coefficient (Wildman–Crippen LogP) is 1.92. The van der Waals surface area contributed by atoms with Crippen LogP contribution in [-0.2, 0) is 25.5 Å². The highest BCUT2D eigenvalue weighted by Gasteiger charge is 2.30. The Hall–Kier alpha value is -3.55. The van der Waals surface area contributed by atoms with E-state index in [1.807, 2.05) is 0 Å². The molecule has 2 aromatic carbocycles. The number of hydrogen-bond acceptors (Lipinski definition) is 5. The van der Waals surface area contributed by atoms with E-state index in [4.69, 9.17) is 4.74 Å². The van der Waals surface area contributed by atoms with Crippen LogP contribution in [0, 0.1) is 5.82 Å². The number of nitrogens with one attached hydrogen (secondary N) is 1. The van der Waals surface area contributed by atoms with Crippen molar-refractivity contribution in [2.45, 2.75) is 12.8 Å². The fourth-order valence-corrected chi connectivity index (χ4v) is 2.81. The Morgan fingerprint density at radius 2 is 1.89 bits per heavy atom. The van der Waals surface area contributed by atoms with Crippen LogP contribution in [-0.4, -0.2) is 41.7 Å². The first-order valence-corrected chi connectivity index (χ1v) is 8.57. The van der Waals surface area contributed by atoms with Gasteiger partial charge in [0.05, 0.1) is 12.8 Å². The first-order chi connectivity index (χ1) is 13.4. The number of nitrogens with zero attached hydrogens (tertiary/aromatic N) is 1. The summed E-state index contributed by atoms with van der Waals surface area (Å²) in [5.74, 6) is -2.71. The molecule has 2 aromatic rings. The molecule has 0 atom stereocenters. The summed E-state index contributed by atoms with van der Waals surface area (Å²) in [4.78, 5) is 49.1. The molecule has 0 unspecified atom stereocenters. The van der Waals surface area contributed by atoms with Gasteiger partial charge in [0.15, 0.2) is 6.61 Å². The molecular formula is C20H17FN2O5. The zero-order valence-corrected chi connectivity index (χ0v) is 14.8. The van der Waals surface area contributed by atoms with Crippen molar-refractivity contribution < 1.29 is 28.3 Å². The van der Waals surface area contributed by atoms with E-state index < -0.39 is 30.2 Å². The zero-order valence-electron chi connectivity index (χ0n) is 14.8. The topological polar surface area (TPSA) is 92.8 Å². The lowest BCUT2D eigenvalue weighted by Gasteiger charge is -2.26. The maximum absolute atomic E-state index is 13.1. The molecule has 1 N–H and O–H groups in total. The normalized spacial score (nSPS) is 13.1. The highest BCUT2D eigenvalue weighted by atomic mass is 19.1. The Kier molecular flexibility index (Phi) is 5.78. The van der Waals surface area contributed by atoms with Crippen molar-refractivity contribution in [3.05, 3.63) is 65.5 Å². The van der Waals surface area contributed by atoms with Gasteiger partial charge in [-0.3, -0.25) is 24.1 Å². The maximum atomic E-state index is 13.1. The number of ether oxygens (including phenoxy) is 1. The van der Waals surface area contributed by atoms with Crippen LogP contribution in [0.5, 0.6) is 0 Å². The van der Waals surface area contributed by atoms with Gasteiger partial charge in [-0.25, -0.2) is 4.39 Å².